The fourth-order valence-electron chi connectivity index (χ4n) is 0.595. The first-order valence-corrected chi connectivity index (χ1v) is 3.71. The quantitative estimate of drug-likeness (QED) is 0.678. The normalized spacial score (nSPS) is 9.82. The third-order valence-corrected chi connectivity index (χ3v) is 1.61. The van der Waals surface area contributed by atoms with Crippen LogP contribution in [0.5, 0.6) is 0 Å². The van der Waals surface area contributed by atoms with Gasteiger partial charge >= 0.3 is 0 Å². The van der Waals surface area contributed by atoms with E-state index < -0.39 is 0 Å². The van der Waals surface area contributed by atoms with Gasteiger partial charge in [0.15, 0.2) is 0 Å². The van der Waals surface area contributed by atoms with Gasteiger partial charge in [0.2, 0.25) is 11.1 Å². The molecule has 11 heavy (non-hydrogen) atoms. The van der Waals surface area contributed by atoms with Crippen LogP contribution in [0.4, 0.5) is 11.1 Å². The molecule has 2 aromatic heterocycles. The fraction of sp³-hybridized carbons (Fsp3) is 0. The number of aromatic nitrogens is 5. The number of nitrogens with one attached hydrogen (secondary N) is 2. The number of nitrogens with zero attached hydrogens (tertiary/aromatic N) is 4. The minimum atomic E-state index is 0.571. The molecular formula is C4H4N6S. The van der Waals surface area contributed by atoms with E-state index in [9.17, 15) is 0 Å². The molecule has 0 atom stereocenters. The summed E-state index contributed by atoms with van der Waals surface area (Å²) in [6.45, 7) is 0. The molecule has 0 saturated carbocycles. The van der Waals surface area contributed by atoms with Crippen molar-refractivity contribution in [2.24, 2.45) is 0 Å². The molecule has 7 heteroatoms. The third-order valence-electron chi connectivity index (χ3n) is 1.00. The predicted octanol–water partition coefficient (Wildman–Crippen LogP) is 0.400. The fourth-order valence-corrected chi connectivity index (χ4v) is 1.04. The lowest BCUT2D eigenvalue weighted by Gasteiger charge is -1.91. The number of H-pyrrole nitrogens is 1. The highest BCUT2D eigenvalue weighted by Gasteiger charge is 1.97. The summed E-state index contributed by atoms with van der Waals surface area (Å²) in [5.41, 5.74) is 1.64. The number of hydrogen-bond donors (Lipinski definition) is 2. The van der Waals surface area contributed by atoms with Gasteiger partial charge in [-0.2, -0.15) is 10.1 Å². The lowest BCUT2D eigenvalue weighted by atomic mass is 11.0. The zero-order valence-electron chi connectivity index (χ0n) is 5.35. The van der Waals surface area contributed by atoms with Gasteiger partial charge in [-0.15, -0.1) is 10.2 Å². The molecule has 0 unspecified atom stereocenters. The summed E-state index contributed by atoms with van der Waals surface area (Å²) in [6, 6.07) is 0. The SMILES string of the molecule is c1n[nH]c(Nc2nncs2)n1. The van der Waals surface area contributed by atoms with Crippen LogP contribution in [0, 0.1) is 0 Å². The van der Waals surface area contributed by atoms with Crippen LogP contribution in [0.2, 0.25) is 0 Å². The van der Waals surface area contributed by atoms with Crippen LogP contribution in [-0.2, 0) is 0 Å². The van der Waals surface area contributed by atoms with Gasteiger partial charge in [-0.25, -0.2) is 5.10 Å². The van der Waals surface area contributed by atoms with E-state index in [4.69, 9.17) is 0 Å². The third kappa shape index (κ3) is 1.32. The molecular weight excluding hydrogens is 164 g/mol. The van der Waals surface area contributed by atoms with Gasteiger partial charge in [-0.05, 0) is 0 Å². The second-order valence-electron chi connectivity index (χ2n) is 1.70. The first-order valence-electron chi connectivity index (χ1n) is 2.84. The Hall–Kier alpha value is -1.50. The molecule has 0 saturated heterocycles. The maximum absolute atomic E-state index is 3.85. The average molecular weight is 168 g/mol. The monoisotopic (exact) mass is 168 g/mol. The topological polar surface area (TPSA) is 79.4 Å². The molecule has 56 valence electrons. The van der Waals surface area contributed by atoms with Gasteiger partial charge in [-0.3, -0.25) is 5.32 Å². The van der Waals surface area contributed by atoms with E-state index >= 15 is 0 Å². The highest BCUT2D eigenvalue weighted by Crippen LogP contribution is 2.11. The Bertz CT molecular complexity index is 267. The molecule has 0 fully saturated rings. The largest absolute Gasteiger partial charge is 0.299 e. The van der Waals surface area contributed by atoms with Crippen LogP contribution in [0.3, 0.4) is 0 Å². The molecule has 0 aliphatic heterocycles. The number of aromatic amines is 1. The van der Waals surface area contributed by atoms with E-state index in [2.05, 4.69) is 30.7 Å². The summed E-state index contributed by atoms with van der Waals surface area (Å²) >= 11 is 1.40. The zero-order chi connectivity index (χ0) is 7.52. The molecule has 2 rings (SSSR count). The summed E-state index contributed by atoms with van der Waals surface area (Å²) in [5, 5.41) is 17.3. The van der Waals surface area contributed by atoms with E-state index in [0.29, 0.717) is 11.1 Å². The molecule has 0 amide bonds. The second-order valence-corrected chi connectivity index (χ2v) is 2.54. The van der Waals surface area contributed by atoms with Crippen LogP contribution in [0.15, 0.2) is 11.8 Å². The molecule has 0 radical (unpaired) electrons. The first-order chi connectivity index (χ1) is 5.45. The smallest absolute Gasteiger partial charge is 0.224 e. The van der Waals surface area contributed by atoms with Crippen molar-refractivity contribution in [3.05, 3.63) is 11.8 Å². The Labute approximate surface area is 65.7 Å². The van der Waals surface area contributed by atoms with Crippen molar-refractivity contribution < 1.29 is 0 Å². The van der Waals surface area contributed by atoms with Gasteiger partial charge in [0, 0.05) is 0 Å². The standard InChI is InChI=1S/C4H4N6S/c1-5-3(9-6-1)8-4-10-7-2-11-4/h1-2H,(H2,5,6,8,9,10). The van der Waals surface area contributed by atoms with Gasteiger partial charge in [0.25, 0.3) is 0 Å². The van der Waals surface area contributed by atoms with Crippen LogP contribution < -0.4 is 5.32 Å². The maximum atomic E-state index is 3.85. The Kier molecular flexibility index (Phi) is 1.48. The first kappa shape index (κ1) is 6.23. The molecule has 0 bridgehead atoms. The molecule has 6 nitrogen and oxygen atoms in total. The minimum absolute atomic E-state index is 0.571. The second kappa shape index (κ2) is 2.62. The lowest BCUT2D eigenvalue weighted by molar-refractivity contribution is 1.07. The molecule has 2 aromatic rings. The number of hydrogen-bond acceptors (Lipinski definition) is 6. The summed E-state index contributed by atoms with van der Waals surface area (Å²) in [5.74, 6) is 0.571. The Balaban J connectivity index is 2.14. The van der Waals surface area contributed by atoms with Crippen molar-refractivity contribution in [3.63, 3.8) is 0 Å². The van der Waals surface area contributed by atoms with Gasteiger partial charge < -0.3 is 0 Å². The van der Waals surface area contributed by atoms with E-state index in [-0.39, 0.29) is 0 Å². The summed E-state index contributed by atoms with van der Waals surface area (Å²) in [4.78, 5) is 3.85. The molecule has 2 heterocycles. The summed E-state index contributed by atoms with van der Waals surface area (Å²) in [6.07, 6.45) is 1.42. The van der Waals surface area contributed by atoms with Crippen LogP contribution >= 0.6 is 11.3 Å². The van der Waals surface area contributed by atoms with Crippen molar-refractivity contribution in [3.8, 4) is 0 Å². The summed E-state index contributed by atoms with van der Waals surface area (Å²) in [7, 11) is 0. The lowest BCUT2D eigenvalue weighted by Crippen LogP contribution is -1.91. The average Bonchev–Trinajstić information content (AvgIpc) is 2.60. The van der Waals surface area contributed by atoms with Crippen molar-refractivity contribution in [2.45, 2.75) is 0 Å². The van der Waals surface area contributed by atoms with E-state index in [1.807, 2.05) is 0 Å². The Morgan fingerprint density at radius 1 is 1.55 bits per heavy atom. The number of anilines is 2. The van der Waals surface area contributed by atoms with Gasteiger partial charge in [-0.1, -0.05) is 11.3 Å². The Morgan fingerprint density at radius 3 is 3.18 bits per heavy atom. The van der Waals surface area contributed by atoms with Crippen LogP contribution in [0.25, 0.3) is 0 Å². The molecule has 0 aliphatic rings. The Morgan fingerprint density at radius 2 is 2.55 bits per heavy atom. The van der Waals surface area contributed by atoms with Gasteiger partial charge in [0.1, 0.15) is 11.8 Å². The van der Waals surface area contributed by atoms with Crippen molar-refractivity contribution in [1.29, 1.82) is 0 Å². The molecule has 0 spiro atoms. The van der Waals surface area contributed by atoms with Crippen molar-refractivity contribution in [1.82, 2.24) is 25.4 Å². The minimum Gasteiger partial charge on any atom is -0.299 e. The number of rotatable bonds is 2. The predicted molar refractivity (Wildman–Crippen MR) is 39.6 cm³/mol. The highest BCUT2D eigenvalue weighted by atomic mass is 32.1. The van der Waals surface area contributed by atoms with Crippen molar-refractivity contribution in [2.75, 3.05) is 5.32 Å². The van der Waals surface area contributed by atoms with E-state index in [1.54, 1.807) is 5.51 Å². The van der Waals surface area contributed by atoms with E-state index in [1.165, 1.54) is 17.7 Å². The molecule has 2 N–H and O–H groups in total. The maximum Gasteiger partial charge on any atom is 0.224 e. The zero-order valence-corrected chi connectivity index (χ0v) is 6.17. The van der Waals surface area contributed by atoms with Crippen molar-refractivity contribution >= 4 is 22.4 Å². The molecule has 0 aliphatic carbocycles. The highest BCUT2D eigenvalue weighted by molar-refractivity contribution is 7.13. The van der Waals surface area contributed by atoms with Crippen LogP contribution in [0.1, 0.15) is 0 Å². The summed E-state index contributed by atoms with van der Waals surface area (Å²) < 4.78 is 0. The van der Waals surface area contributed by atoms with Gasteiger partial charge in [0.05, 0.1) is 0 Å². The molecule has 0 aromatic carbocycles. The van der Waals surface area contributed by atoms with Crippen LogP contribution in [-0.4, -0.2) is 25.4 Å². The van der Waals surface area contributed by atoms with E-state index in [0.717, 1.165) is 0 Å².